The Balaban J connectivity index is 3.13. The number of methoxy groups -OCH3 is 1. The average molecular weight is 329 g/mol. The van der Waals surface area contributed by atoms with Gasteiger partial charge in [-0.3, -0.25) is 4.79 Å². The van der Waals surface area contributed by atoms with Crippen LogP contribution in [0.3, 0.4) is 0 Å². The van der Waals surface area contributed by atoms with Crippen molar-refractivity contribution in [1.82, 2.24) is 4.31 Å². The molecule has 0 saturated heterocycles. The molecule has 0 radical (unpaired) electrons. The summed E-state index contributed by atoms with van der Waals surface area (Å²) in [4.78, 5) is 22.3. The minimum absolute atomic E-state index is 0.0280. The predicted octanol–water partition coefficient (Wildman–Crippen LogP) is 1.12. The molecule has 8 heteroatoms. The topological polar surface area (TPSA) is 101 Å². The predicted molar refractivity (Wildman–Crippen MR) is 79.1 cm³/mol. The molecular weight excluding hydrogens is 310 g/mol. The van der Waals surface area contributed by atoms with Gasteiger partial charge in [0.15, 0.2) is 0 Å². The van der Waals surface area contributed by atoms with Crippen LogP contribution in [0.15, 0.2) is 23.1 Å². The first-order valence-electron chi connectivity index (χ1n) is 6.49. The Kier molecular flexibility index (Phi) is 5.67. The summed E-state index contributed by atoms with van der Waals surface area (Å²) in [7, 11) is -1.27. The number of carbonyl (C=O) groups excluding carboxylic acids is 1. The standard InChI is InChI=1S/C14H19NO6S/c1-9-7-11(14(18)21-4)5-6-12(9)22(19,20)15(3)8-10(2)13(16)17/h5-7,10H,8H2,1-4H3,(H,16,17). The molecule has 0 aliphatic heterocycles. The molecule has 7 nitrogen and oxygen atoms in total. The normalized spacial score (nSPS) is 13.0. The molecule has 1 unspecified atom stereocenters. The molecule has 0 fully saturated rings. The van der Waals surface area contributed by atoms with Crippen LogP contribution in [0.1, 0.15) is 22.8 Å². The Morgan fingerprint density at radius 3 is 2.41 bits per heavy atom. The Morgan fingerprint density at radius 2 is 1.95 bits per heavy atom. The minimum Gasteiger partial charge on any atom is -0.481 e. The molecule has 0 bridgehead atoms. The average Bonchev–Trinajstić information content (AvgIpc) is 2.45. The van der Waals surface area contributed by atoms with Gasteiger partial charge >= 0.3 is 11.9 Å². The fourth-order valence-electron chi connectivity index (χ4n) is 1.91. The number of ether oxygens (including phenoxy) is 1. The van der Waals surface area contributed by atoms with Crippen molar-refractivity contribution in [3.63, 3.8) is 0 Å². The SMILES string of the molecule is COC(=O)c1ccc(S(=O)(=O)N(C)CC(C)C(=O)O)c(C)c1. The van der Waals surface area contributed by atoms with E-state index in [1.165, 1.54) is 39.3 Å². The number of carbonyl (C=O) groups is 2. The van der Waals surface area contributed by atoms with Crippen LogP contribution >= 0.6 is 0 Å². The quantitative estimate of drug-likeness (QED) is 0.785. The highest BCUT2D eigenvalue weighted by Gasteiger charge is 2.26. The number of nitrogens with zero attached hydrogens (tertiary/aromatic N) is 1. The number of esters is 1. The molecule has 0 heterocycles. The van der Waals surface area contributed by atoms with E-state index in [9.17, 15) is 18.0 Å². The first kappa shape index (κ1) is 18.1. The second-order valence-electron chi connectivity index (χ2n) is 5.00. The highest BCUT2D eigenvalue weighted by Crippen LogP contribution is 2.21. The van der Waals surface area contributed by atoms with Crippen molar-refractivity contribution in [3.8, 4) is 0 Å². The van der Waals surface area contributed by atoms with Crippen molar-refractivity contribution in [1.29, 1.82) is 0 Å². The summed E-state index contributed by atoms with van der Waals surface area (Å²) in [6.45, 7) is 2.85. The molecule has 1 aromatic rings. The summed E-state index contributed by atoms with van der Waals surface area (Å²) >= 11 is 0. The molecule has 122 valence electrons. The van der Waals surface area contributed by atoms with Crippen LogP contribution < -0.4 is 0 Å². The van der Waals surface area contributed by atoms with Crippen molar-refractivity contribution in [2.75, 3.05) is 20.7 Å². The Hall–Kier alpha value is -1.93. The molecule has 0 saturated carbocycles. The van der Waals surface area contributed by atoms with Gasteiger partial charge in [-0.15, -0.1) is 0 Å². The lowest BCUT2D eigenvalue weighted by Gasteiger charge is -2.20. The van der Waals surface area contributed by atoms with Gasteiger partial charge in [-0.1, -0.05) is 6.92 Å². The van der Waals surface area contributed by atoms with Crippen molar-refractivity contribution >= 4 is 22.0 Å². The van der Waals surface area contributed by atoms with E-state index in [0.717, 1.165) is 4.31 Å². The van der Waals surface area contributed by atoms with Gasteiger partial charge in [-0.05, 0) is 30.7 Å². The Morgan fingerprint density at radius 1 is 1.36 bits per heavy atom. The van der Waals surface area contributed by atoms with Crippen molar-refractivity contribution in [2.45, 2.75) is 18.7 Å². The number of hydrogen-bond acceptors (Lipinski definition) is 5. The third kappa shape index (κ3) is 3.83. The van der Waals surface area contributed by atoms with Gasteiger partial charge in [0.05, 0.1) is 23.5 Å². The lowest BCUT2D eigenvalue weighted by atomic mass is 10.1. The zero-order valence-corrected chi connectivity index (χ0v) is 13.7. The van der Waals surface area contributed by atoms with Crippen molar-refractivity contribution < 1.29 is 27.9 Å². The maximum Gasteiger partial charge on any atom is 0.337 e. The number of carboxylic acids is 1. The van der Waals surface area contributed by atoms with Crippen LogP contribution in [0.4, 0.5) is 0 Å². The largest absolute Gasteiger partial charge is 0.481 e. The highest BCUT2D eigenvalue weighted by molar-refractivity contribution is 7.89. The zero-order valence-electron chi connectivity index (χ0n) is 12.9. The number of sulfonamides is 1. The maximum atomic E-state index is 12.5. The summed E-state index contributed by atoms with van der Waals surface area (Å²) in [5, 5.41) is 8.87. The van der Waals surface area contributed by atoms with E-state index >= 15 is 0 Å². The summed E-state index contributed by atoms with van der Waals surface area (Å²) in [5.74, 6) is -2.45. The van der Waals surface area contributed by atoms with E-state index in [1.807, 2.05) is 0 Å². The van der Waals surface area contributed by atoms with E-state index in [-0.39, 0.29) is 17.0 Å². The van der Waals surface area contributed by atoms with Gasteiger partial charge in [0, 0.05) is 13.6 Å². The molecule has 1 atom stereocenters. The molecule has 0 aromatic heterocycles. The van der Waals surface area contributed by atoms with Gasteiger partial charge in [0.1, 0.15) is 0 Å². The molecule has 0 aliphatic rings. The fraction of sp³-hybridized carbons (Fsp3) is 0.429. The summed E-state index contributed by atoms with van der Waals surface area (Å²) in [5.41, 5.74) is 0.637. The van der Waals surface area contributed by atoms with Crippen molar-refractivity contribution in [3.05, 3.63) is 29.3 Å². The van der Waals surface area contributed by atoms with Crippen LogP contribution in [0.25, 0.3) is 0 Å². The molecule has 1 rings (SSSR count). The maximum absolute atomic E-state index is 12.5. The van der Waals surface area contributed by atoms with Gasteiger partial charge in [-0.2, -0.15) is 0 Å². The van der Waals surface area contributed by atoms with Gasteiger partial charge in [0.25, 0.3) is 0 Å². The first-order valence-corrected chi connectivity index (χ1v) is 7.93. The molecular formula is C14H19NO6S. The Bertz CT molecular complexity index is 683. The van der Waals surface area contributed by atoms with E-state index in [1.54, 1.807) is 6.92 Å². The summed E-state index contributed by atoms with van der Waals surface area (Å²) in [6.07, 6.45) is 0. The first-order chi connectivity index (χ1) is 10.1. The lowest BCUT2D eigenvalue weighted by Crippen LogP contribution is -2.34. The molecule has 0 aliphatic carbocycles. The number of carboxylic acid groups (broad SMARTS) is 1. The van der Waals surface area contributed by atoms with E-state index in [4.69, 9.17) is 5.11 Å². The van der Waals surface area contributed by atoms with Crippen LogP contribution in [-0.4, -0.2) is 50.5 Å². The highest BCUT2D eigenvalue weighted by atomic mass is 32.2. The van der Waals surface area contributed by atoms with Crippen LogP contribution in [0.2, 0.25) is 0 Å². The fourth-order valence-corrected chi connectivity index (χ4v) is 3.37. The van der Waals surface area contributed by atoms with Crippen molar-refractivity contribution in [2.24, 2.45) is 5.92 Å². The van der Waals surface area contributed by atoms with E-state index in [0.29, 0.717) is 5.56 Å². The lowest BCUT2D eigenvalue weighted by molar-refractivity contribution is -0.141. The molecule has 1 N–H and O–H groups in total. The summed E-state index contributed by atoms with van der Waals surface area (Å²) < 4.78 is 30.5. The molecule has 0 amide bonds. The number of hydrogen-bond donors (Lipinski definition) is 1. The van der Waals surface area contributed by atoms with Gasteiger partial charge in [-0.25, -0.2) is 17.5 Å². The second kappa shape index (κ2) is 6.89. The number of aliphatic carboxylic acids is 1. The van der Waals surface area contributed by atoms with Gasteiger partial charge < -0.3 is 9.84 Å². The second-order valence-corrected chi connectivity index (χ2v) is 7.01. The minimum atomic E-state index is -3.83. The monoisotopic (exact) mass is 329 g/mol. The molecule has 22 heavy (non-hydrogen) atoms. The third-order valence-corrected chi connectivity index (χ3v) is 5.22. The van der Waals surface area contributed by atoms with Crippen LogP contribution in [0.5, 0.6) is 0 Å². The van der Waals surface area contributed by atoms with Crippen LogP contribution in [0, 0.1) is 12.8 Å². The van der Waals surface area contributed by atoms with Gasteiger partial charge in [0.2, 0.25) is 10.0 Å². The van der Waals surface area contributed by atoms with Crippen LogP contribution in [-0.2, 0) is 19.6 Å². The number of rotatable bonds is 6. The molecule has 1 aromatic carbocycles. The van der Waals surface area contributed by atoms with E-state index in [2.05, 4.69) is 4.74 Å². The Labute approximate surface area is 129 Å². The summed E-state index contributed by atoms with van der Waals surface area (Å²) in [6, 6.07) is 4.10. The van der Waals surface area contributed by atoms with E-state index < -0.39 is 27.9 Å². The zero-order chi connectivity index (χ0) is 17.1. The number of aryl methyl sites for hydroxylation is 1. The molecule has 0 spiro atoms. The number of benzene rings is 1. The third-order valence-electron chi connectivity index (χ3n) is 3.24. The smallest absolute Gasteiger partial charge is 0.337 e.